The van der Waals surface area contributed by atoms with Crippen molar-refractivity contribution in [1.29, 1.82) is 0 Å². The molecule has 8 nitrogen and oxygen atoms in total. The number of benzene rings is 1. The van der Waals surface area contributed by atoms with Crippen LogP contribution in [-0.4, -0.2) is 35.9 Å². The van der Waals surface area contributed by atoms with Crippen molar-refractivity contribution in [2.24, 2.45) is 4.99 Å². The highest BCUT2D eigenvalue weighted by molar-refractivity contribution is 14.0. The molecule has 160 valence electrons. The van der Waals surface area contributed by atoms with Gasteiger partial charge >= 0.3 is 0 Å². The van der Waals surface area contributed by atoms with Gasteiger partial charge in [-0.05, 0) is 26.8 Å². The fraction of sp³-hybridized carbons (Fsp3) is 0.450. The second-order valence-corrected chi connectivity index (χ2v) is 5.90. The molecule has 0 saturated carbocycles. The summed E-state index contributed by atoms with van der Waals surface area (Å²) in [6.07, 6.45) is 1.52. The molecule has 0 amide bonds. The number of guanidine groups is 1. The zero-order valence-corrected chi connectivity index (χ0v) is 19.5. The summed E-state index contributed by atoms with van der Waals surface area (Å²) in [5.41, 5.74) is 0.993. The molecule has 0 radical (unpaired) electrons. The number of aromatic nitrogens is 2. The minimum absolute atomic E-state index is 0. The van der Waals surface area contributed by atoms with Gasteiger partial charge in [0, 0.05) is 18.7 Å². The molecule has 1 unspecified atom stereocenters. The van der Waals surface area contributed by atoms with Gasteiger partial charge < -0.3 is 24.6 Å². The number of halogens is 1. The Morgan fingerprint density at radius 1 is 1.31 bits per heavy atom. The molecule has 1 atom stereocenters. The quantitative estimate of drug-likeness (QED) is 0.205. The Bertz CT molecular complexity index is 766. The summed E-state index contributed by atoms with van der Waals surface area (Å²) >= 11 is 0. The van der Waals surface area contributed by atoms with Crippen LogP contribution >= 0.6 is 24.0 Å². The molecule has 2 aromatic rings. The van der Waals surface area contributed by atoms with Crippen LogP contribution < -0.4 is 15.4 Å². The average Bonchev–Trinajstić information content (AvgIpc) is 3.18. The number of nitrogens with zero attached hydrogens (tertiary/aromatic N) is 3. The SMILES string of the molecule is C=CCOc1ccccc1CN=C(NCC)NCc1nc(C(C)OCC)no1.I. The molecular formula is C20H30IN5O3. The smallest absolute Gasteiger partial charge is 0.246 e. The third-order valence-electron chi connectivity index (χ3n) is 3.75. The van der Waals surface area contributed by atoms with Gasteiger partial charge in [0.25, 0.3) is 0 Å². The predicted octanol–water partition coefficient (Wildman–Crippen LogP) is 3.61. The van der Waals surface area contributed by atoms with E-state index in [1.807, 2.05) is 45.0 Å². The average molecular weight is 515 g/mol. The Labute approximate surface area is 189 Å². The van der Waals surface area contributed by atoms with Crippen molar-refractivity contribution >= 4 is 29.9 Å². The first-order valence-corrected chi connectivity index (χ1v) is 9.45. The van der Waals surface area contributed by atoms with Crippen molar-refractivity contribution in [3.05, 3.63) is 54.2 Å². The van der Waals surface area contributed by atoms with Crippen LogP contribution in [0, 0.1) is 0 Å². The van der Waals surface area contributed by atoms with E-state index in [0.717, 1.165) is 17.9 Å². The second kappa shape index (κ2) is 13.9. The van der Waals surface area contributed by atoms with Gasteiger partial charge in [-0.1, -0.05) is 36.0 Å². The lowest BCUT2D eigenvalue weighted by Crippen LogP contribution is -2.36. The molecule has 0 bridgehead atoms. The minimum Gasteiger partial charge on any atom is -0.489 e. The maximum atomic E-state index is 5.68. The van der Waals surface area contributed by atoms with Gasteiger partial charge in [-0.15, -0.1) is 24.0 Å². The number of aliphatic imine (C=N–C) groups is 1. The highest BCUT2D eigenvalue weighted by atomic mass is 127. The fourth-order valence-corrected chi connectivity index (χ4v) is 2.42. The lowest BCUT2D eigenvalue weighted by molar-refractivity contribution is 0.0683. The van der Waals surface area contributed by atoms with Gasteiger partial charge in [0.1, 0.15) is 18.5 Å². The molecule has 0 aliphatic carbocycles. The van der Waals surface area contributed by atoms with E-state index in [1.165, 1.54) is 0 Å². The van der Waals surface area contributed by atoms with Gasteiger partial charge in [0.15, 0.2) is 11.8 Å². The lowest BCUT2D eigenvalue weighted by atomic mass is 10.2. The van der Waals surface area contributed by atoms with Crippen molar-refractivity contribution in [3.63, 3.8) is 0 Å². The molecule has 0 aliphatic rings. The van der Waals surface area contributed by atoms with Crippen LogP contribution in [0.4, 0.5) is 0 Å². The van der Waals surface area contributed by atoms with Crippen LogP contribution in [0.25, 0.3) is 0 Å². The summed E-state index contributed by atoms with van der Waals surface area (Å²) in [4.78, 5) is 8.96. The Kier molecular flexibility index (Phi) is 12.0. The number of rotatable bonds is 11. The molecule has 9 heteroatoms. The summed E-state index contributed by atoms with van der Waals surface area (Å²) in [6.45, 7) is 12.1. The first-order valence-electron chi connectivity index (χ1n) is 9.45. The number of nitrogens with one attached hydrogen (secondary N) is 2. The minimum atomic E-state index is -0.198. The summed E-state index contributed by atoms with van der Waals surface area (Å²) in [5, 5.41) is 10.4. The van der Waals surface area contributed by atoms with Gasteiger partial charge in [-0.2, -0.15) is 4.98 Å². The first-order chi connectivity index (χ1) is 13.7. The van der Waals surface area contributed by atoms with E-state index in [2.05, 4.69) is 32.3 Å². The first kappa shape index (κ1) is 24.9. The van der Waals surface area contributed by atoms with Crippen LogP contribution in [0.5, 0.6) is 5.75 Å². The summed E-state index contributed by atoms with van der Waals surface area (Å²) in [6, 6.07) is 7.82. The van der Waals surface area contributed by atoms with E-state index >= 15 is 0 Å². The second-order valence-electron chi connectivity index (χ2n) is 5.90. The van der Waals surface area contributed by atoms with E-state index < -0.39 is 0 Å². The van der Waals surface area contributed by atoms with Crippen LogP contribution in [0.3, 0.4) is 0 Å². The van der Waals surface area contributed by atoms with Gasteiger partial charge in [-0.3, -0.25) is 0 Å². The molecule has 0 saturated heterocycles. The molecule has 1 aromatic carbocycles. The summed E-state index contributed by atoms with van der Waals surface area (Å²) in [5.74, 6) is 2.46. The zero-order chi connectivity index (χ0) is 20.2. The van der Waals surface area contributed by atoms with Crippen molar-refractivity contribution < 1.29 is 14.0 Å². The Hall–Kier alpha value is -2.14. The zero-order valence-electron chi connectivity index (χ0n) is 17.2. The third-order valence-corrected chi connectivity index (χ3v) is 3.75. The highest BCUT2D eigenvalue weighted by Crippen LogP contribution is 2.19. The molecule has 2 N–H and O–H groups in total. The lowest BCUT2D eigenvalue weighted by Gasteiger charge is -2.11. The Morgan fingerprint density at radius 2 is 2.10 bits per heavy atom. The van der Waals surface area contributed by atoms with Gasteiger partial charge in [0.2, 0.25) is 5.89 Å². The molecular weight excluding hydrogens is 485 g/mol. The molecule has 1 heterocycles. The van der Waals surface area contributed by atoms with Crippen molar-refractivity contribution in [1.82, 2.24) is 20.8 Å². The number of para-hydroxylation sites is 1. The topological polar surface area (TPSA) is 93.8 Å². The van der Waals surface area contributed by atoms with Crippen molar-refractivity contribution in [2.75, 3.05) is 19.8 Å². The molecule has 29 heavy (non-hydrogen) atoms. The standard InChI is InChI=1S/C20H29N5O3.HI/c1-5-12-27-17-11-9-8-10-16(17)13-22-20(21-6-2)23-14-18-24-19(25-28-18)15(4)26-7-3;/h5,8-11,15H,1,6-7,12-14H2,2-4H3,(H2,21,22,23);1H. The summed E-state index contributed by atoms with van der Waals surface area (Å²) in [7, 11) is 0. The Morgan fingerprint density at radius 3 is 2.83 bits per heavy atom. The van der Waals surface area contributed by atoms with E-state index in [-0.39, 0.29) is 30.1 Å². The molecule has 0 fully saturated rings. The van der Waals surface area contributed by atoms with Crippen LogP contribution in [-0.2, 0) is 17.8 Å². The van der Waals surface area contributed by atoms with E-state index in [4.69, 9.17) is 14.0 Å². The van der Waals surface area contributed by atoms with Gasteiger partial charge in [0.05, 0.1) is 13.1 Å². The Balaban J connectivity index is 0.00000420. The number of ether oxygens (including phenoxy) is 2. The molecule has 2 rings (SSSR count). The van der Waals surface area contributed by atoms with E-state index in [0.29, 0.717) is 44.0 Å². The van der Waals surface area contributed by atoms with Crippen molar-refractivity contribution in [2.45, 2.75) is 40.0 Å². The number of hydrogen-bond acceptors (Lipinski definition) is 6. The maximum Gasteiger partial charge on any atom is 0.246 e. The van der Waals surface area contributed by atoms with Crippen LogP contribution in [0.1, 0.15) is 44.2 Å². The monoisotopic (exact) mass is 515 g/mol. The van der Waals surface area contributed by atoms with E-state index in [9.17, 15) is 0 Å². The molecule has 1 aromatic heterocycles. The summed E-state index contributed by atoms with van der Waals surface area (Å²) < 4.78 is 16.4. The van der Waals surface area contributed by atoms with Crippen molar-refractivity contribution in [3.8, 4) is 5.75 Å². The third kappa shape index (κ3) is 8.40. The molecule has 0 aliphatic heterocycles. The maximum absolute atomic E-state index is 5.68. The van der Waals surface area contributed by atoms with Crippen LogP contribution in [0.15, 0.2) is 46.4 Å². The van der Waals surface area contributed by atoms with Gasteiger partial charge in [-0.25, -0.2) is 4.99 Å². The normalized spacial score (nSPS) is 12.0. The number of hydrogen-bond donors (Lipinski definition) is 2. The highest BCUT2D eigenvalue weighted by Gasteiger charge is 2.14. The largest absolute Gasteiger partial charge is 0.489 e. The predicted molar refractivity (Wildman–Crippen MR) is 124 cm³/mol. The fourth-order valence-electron chi connectivity index (χ4n) is 2.42. The van der Waals surface area contributed by atoms with E-state index in [1.54, 1.807) is 6.08 Å². The molecule has 0 spiro atoms. The van der Waals surface area contributed by atoms with Crippen LogP contribution in [0.2, 0.25) is 0 Å².